The van der Waals surface area contributed by atoms with E-state index in [9.17, 15) is 4.79 Å². The second-order valence-corrected chi connectivity index (χ2v) is 6.40. The zero-order chi connectivity index (χ0) is 16.0. The summed E-state index contributed by atoms with van der Waals surface area (Å²) < 4.78 is 2.03. The molecule has 0 spiro atoms. The van der Waals surface area contributed by atoms with E-state index in [2.05, 4.69) is 36.1 Å². The molecule has 3 heteroatoms. The van der Waals surface area contributed by atoms with Crippen LogP contribution in [0.2, 0.25) is 0 Å². The van der Waals surface area contributed by atoms with Crippen LogP contribution in [0.5, 0.6) is 0 Å². The normalized spacial score (nSPS) is 16.8. The van der Waals surface area contributed by atoms with Gasteiger partial charge in [-0.25, -0.2) is 0 Å². The van der Waals surface area contributed by atoms with Crippen LogP contribution in [0.25, 0.3) is 10.9 Å². The number of para-hydroxylation sites is 2. The zero-order valence-electron chi connectivity index (χ0n) is 13.5. The number of anilines is 1. The van der Waals surface area contributed by atoms with Gasteiger partial charge in [-0.3, -0.25) is 4.79 Å². The number of aromatic nitrogens is 1. The van der Waals surface area contributed by atoms with Gasteiger partial charge in [-0.2, -0.15) is 0 Å². The fourth-order valence-corrected chi connectivity index (χ4v) is 3.67. The lowest BCUT2D eigenvalue weighted by Crippen LogP contribution is -2.34. The summed E-state index contributed by atoms with van der Waals surface area (Å²) in [4.78, 5) is 15.2. The molecule has 0 bridgehead atoms. The Morgan fingerprint density at radius 3 is 2.74 bits per heavy atom. The van der Waals surface area contributed by atoms with E-state index in [-0.39, 0.29) is 5.78 Å². The highest BCUT2D eigenvalue weighted by atomic mass is 16.1. The van der Waals surface area contributed by atoms with Crippen molar-refractivity contribution in [3.05, 3.63) is 65.9 Å². The van der Waals surface area contributed by atoms with E-state index in [4.69, 9.17) is 0 Å². The van der Waals surface area contributed by atoms with Crippen molar-refractivity contribution in [2.45, 2.75) is 19.4 Å². The van der Waals surface area contributed by atoms with E-state index in [1.54, 1.807) is 0 Å². The number of ketones is 1. The Labute approximate surface area is 136 Å². The number of nitrogens with zero attached hydrogens (tertiary/aromatic N) is 2. The summed E-state index contributed by atoms with van der Waals surface area (Å²) in [5.41, 5.74) is 4.46. The molecule has 1 aliphatic rings. The van der Waals surface area contributed by atoms with Crippen LogP contribution in [0.4, 0.5) is 5.69 Å². The maximum absolute atomic E-state index is 12.9. The standard InChI is InChI=1S/C20H20N2O/c1-14-11-15-7-3-5-9-18(15)22(14)13-20(23)17-12-21(2)19-10-6-4-8-16(17)19/h3-10,12,14H,11,13H2,1-2H3. The Morgan fingerprint density at radius 2 is 1.87 bits per heavy atom. The molecule has 0 saturated heterocycles. The van der Waals surface area contributed by atoms with E-state index >= 15 is 0 Å². The second kappa shape index (κ2) is 5.27. The number of hydrogen-bond acceptors (Lipinski definition) is 2. The third-order valence-corrected chi connectivity index (χ3v) is 4.86. The number of Topliss-reactive ketones (excluding diaryl/α,β-unsaturated/α-hetero) is 1. The molecule has 3 aromatic rings. The largest absolute Gasteiger partial charge is 0.361 e. The number of carbonyl (C=O) groups excluding carboxylic acids is 1. The van der Waals surface area contributed by atoms with Crippen LogP contribution in [-0.2, 0) is 13.5 Å². The number of aryl methyl sites for hydroxylation is 1. The Kier molecular flexibility index (Phi) is 3.22. The number of rotatable bonds is 3. The highest BCUT2D eigenvalue weighted by Crippen LogP contribution is 2.32. The summed E-state index contributed by atoms with van der Waals surface area (Å²) in [6, 6.07) is 16.9. The van der Waals surface area contributed by atoms with Crippen molar-refractivity contribution in [3.8, 4) is 0 Å². The van der Waals surface area contributed by atoms with E-state index in [1.165, 1.54) is 11.3 Å². The molecule has 3 nitrogen and oxygen atoms in total. The lowest BCUT2D eigenvalue weighted by atomic mass is 10.1. The first-order chi connectivity index (χ1) is 11.1. The molecular formula is C20H20N2O. The average molecular weight is 304 g/mol. The van der Waals surface area contributed by atoms with Crippen molar-refractivity contribution in [3.63, 3.8) is 0 Å². The van der Waals surface area contributed by atoms with Crippen molar-refractivity contribution in [2.75, 3.05) is 11.4 Å². The first-order valence-electron chi connectivity index (χ1n) is 8.07. The van der Waals surface area contributed by atoms with Gasteiger partial charge in [-0.15, -0.1) is 0 Å². The maximum Gasteiger partial charge on any atom is 0.184 e. The molecule has 0 radical (unpaired) electrons. The Bertz CT molecular complexity index is 894. The van der Waals surface area contributed by atoms with Crippen LogP contribution >= 0.6 is 0 Å². The third kappa shape index (κ3) is 2.24. The molecule has 0 amide bonds. The molecule has 0 saturated carbocycles. The first-order valence-corrected chi connectivity index (χ1v) is 8.07. The predicted octanol–water partition coefficient (Wildman–Crippen LogP) is 3.81. The van der Waals surface area contributed by atoms with E-state index in [1.807, 2.05) is 42.1 Å². The maximum atomic E-state index is 12.9. The number of fused-ring (bicyclic) bond motifs is 2. The molecule has 0 N–H and O–H groups in total. The SMILES string of the molecule is CC1Cc2ccccc2N1CC(=O)c1cn(C)c2ccccc12. The fraction of sp³-hybridized carbons (Fsp3) is 0.250. The van der Waals surface area contributed by atoms with Gasteiger partial charge in [-0.05, 0) is 31.0 Å². The Balaban J connectivity index is 1.68. The summed E-state index contributed by atoms with van der Waals surface area (Å²) in [6.07, 6.45) is 2.97. The van der Waals surface area contributed by atoms with Gasteiger partial charge in [-0.1, -0.05) is 36.4 Å². The highest BCUT2D eigenvalue weighted by molar-refractivity contribution is 6.10. The Hall–Kier alpha value is -2.55. The van der Waals surface area contributed by atoms with Gasteiger partial charge in [0.2, 0.25) is 0 Å². The lowest BCUT2D eigenvalue weighted by Gasteiger charge is -2.23. The van der Waals surface area contributed by atoms with Gasteiger partial charge in [0.05, 0.1) is 6.54 Å². The minimum Gasteiger partial charge on any atom is -0.361 e. The minimum absolute atomic E-state index is 0.186. The average Bonchev–Trinajstić information content (AvgIpc) is 3.06. The molecule has 1 aromatic heterocycles. The molecule has 116 valence electrons. The molecule has 2 aromatic carbocycles. The number of hydrogen-bond donors (Lipinski definition) is 0. The smallest absolute Gasteiger partial charge is 0.184 e. The fourth-order valence-electron chi connectivity index (χ4n) is 3.67. The predicted molar refractivity (Wildman–Crippen MR) is 94.2 cm³/mol. The van der Waals surface area contributed by atoms with E-state index in [0.29, 0.717) is 12.6 Å². The van der Waals surface area contributed by atoms with Crippen LogP contribution in [0, 0.1) is 0 Å². The van der Waals surface area contributed by atoms with Gasteiger partial charge < -0.3 is 9.47 Å². The van der Waals surface area contributed by atoms with Gasteiger partial charge in [0.15, 0.2) is 5.78 Å². The van der Waals surface area contributed by atoms with Gasteiger partial charge in [0.25, 0.3) is 0 Å². The molecule has 1 atom stereocenters. The van der Waals surface area contributed by atoms with E-state index < -0.39 is 0 Å². The van der Waals surface area contributed by atoms with Gasteiger partial charge in [0.1, 0.15) is 0 Å². The molecule has 1 unspecified atom stereocenters. The molecule has 4 rings (SSSR count). The monoisotopic (exact) mass is 304 g/mol. The quantitative estimate of drug-likeness (QED) is 0.687. The summed E-state index contributed by atoms with van der Waals surface area (Å²) in [6.45, 7) is 2.63. The number of carbonyl (C=O) groups is 1. The third-order valence-electron chi connectivity index (χ3n) is 4.86. The van der Waals surface area contributed by atoms with Crippen molar-refractivity contribution in [1.29, 1.82) is 0 Å². The first kappa shape index (κ1) is 14.1. The highest BCUT2D eigenvalue weighted by Gasteiger charge is 2.28. The topological polar surface area (TPSA) is 25.2 Å². The molecule has 2 heterocycles. The van der Waals surface area contributed by atoms with Gasteiger partial charge in [0, 0.05) is 41.4 Å². The second-order valence-electron chi connectivity index (χ2n) is 6.40. The minimum atomic E-state index is 0.186. The summed E-state index contributed by atoms with van der Waals surface area (Å²) in [5, 5.41) is 1.04. The van der Waals surface area contributed by atoms with E-state index in [0.717, 1.165) is 22.9 Å². The van der Waals surface area contributed by atoms with Crippen LogP contribution in [0.15, 0.2) is 54.7 Å². The molecule has 0 fully saturated rings. The van der Waals surface area contributed by atoms with Crippen molar-refractivity contribution in [1.82, 2.24) is 4.57 Å². The lowest BCUT2D eigenvalue weighted by molar-refractivity contribution is 0.0999. The summed E-state index contributed by atoms with van der Waals surface area (Å²) in [7, 11) is 1.99. The summed E-state index contributed by atoms with van der Waals surface area (Å²) >= 11 is 0. The zero-order valence-corrected chi connectivity index (χ0v) is 13.5. The van der Waals surface area contributed by atoms with Crippen molar-refractivity contribution in [2.24, 2.45) is 7.05 Å². The summed E-state index contributed by atoms with van der Waals surface area (Å²) in [5.74, 6) is 0.186. The van der Waals surface area contributed by atoms with Crippen LogP contribution in [0.3, 0.4) is 0 Å². The number of benzene rings is 2. The van der Waals surface area contributed by atoms with Crippen LogP contribution < -0.4 is 4.90 Å². The van der Waals surface area contributed by atoms with Crippen molar-refractivity contribution >= 4 is 22.4 Å². The van der Waals surface area contributed by atoms with Crippen molar-refractivity contribution < 1.29 is 4.79 Å². The van der Waals surface area contributed by atoms with Crippen LogP contribution in [-0.4, -0.2) is 22.9 Å². The van der Waals surface area contributed by atoms with Crippen LogP contribution in [0.1, 0.15) is 22.8 Å². The van der Waals surface area contributed by atoms with Gasteiger partial charge >= 0.3 is 0 Å². The Morgan fingerprint density at radius 1 is 1.13 bits per heavy atom. The molecule has 0 aliphatic carbocycles. The molecular weight excluding hydrogens is 284 g/mol. The molecule has 1 aliphatic heterocycles. The molecule has 23 heavy (non-hydrogen) atoms.